The standard InChI is InChI=1S/C15H30N2/c1-5-7-13-11-17(15(4)8-6-9-15)14(10-16-13)12(2)3/h12-14,16H,5-11H2,1-4H3. The first-order chi connectivity index (χ1) is 8.07. The molecule has 0 amide bonds. The van der Waals surface area contributed by atoms with Gasteiger partial charge in [0.15, 0.2) is 0 Å². The zero-order valence-corrected chi connectivity index (χ0v) is 12.1. The van der Waals surface area contributed by atoms with Gasteiger partial charge in [-0.15, -0.1) is 0 Å². The van der Waals surface area contributed by atoms with Crippen molar-refractivity contribution in [2.24, 2.45) is 5.92 Å². The molecular formula is C15H30N2. The van der Waals surface area contributed by atoms with Crippen LogP contribution in [0, 0.1) is 5.92 Å². The van der Waals surface area contributed by atoms with E-state index in [1.807, 2.05) is 0 Å². The average molecular weight is 238 g/mol. The summed E-state index contributed by atoms with van der Waals surface area (Å²) in [5.41, 5.74) is 0.517. The second kappa shape index (κ2) is 5.27. The Morgan fingerprint density at radius 1 is 1.35 bits per heavy atom. The molecule has 100 valence electrons. The molecule has 0 aromatic rings. The highest BCUT2D eigenvalue weighted by atomic mass is 15.3. The molecule has 2 aliphatic rings. The van der Waals surface area contributed by atoms with Gasteiger partial charge in [-0.05, 0) is 38.5 Å². The van der Waals surface area contributed by atoms with E-state index in [-0.39, 0.29) is 0 Å². The average Bonchev–Trinajstić information content (AvgIpc) is 2.26. The van der Waals surface area contributed by atoms with Crippen molar-refractivity contribution in [3.05, 3.63) is 0 Å². The number of rotatable bonds is 4. The first-order valence-corrected chi connectivity index (χ1v) is 7.57. The summed E-state index contributed by atoms with van der Waals surface area (Å²) in [5, 5.41) is 3.76. The Balaban J connectivity index is 2.04. The van der Waals surface area contributed by atoms with Crippen molar-refractivity contribution in [1.29, 1.82) is 0 Å². The summed E-state index contributed by atoms with van der Waals surface area (Å²) in [6.07, 6.45) is 6.89. The van der Waals surface area contributed by atoms with Crippen LogP contribution in [0.4, 0.5) is 0 Å². The molecule has 1 saturated heterocycles. The highest BCUT2D eigenvalue weighted by Crippen LogP contribution is 2.40. The maximum absolute atomic E-state index is 3.76. The summed E-state index contributed by atoms with van der Waals surface area (Å²) < 4.78 is 0. The molecule has 17 heavy (non-hydrogen) atoms. The van der Waals surface area contributed by atoms with Gasteiger partial charge < -0.3 is 5.32 Å². The molecule has 1 saturated carbocycles. The molecule has 2 rings (SSSR count). The van der Waals surface area contributed by atoms with Crippen LogP contribution in [0.1, 0.15) is 59.8 Å². The SMILES string of the molecule is CCCC1CN(C2(C)CCC2)C(C(C)C)CN1. The van der Waals surface area contributed by atoms with Crippen LogP contribution in [-0.4, -0.2) is 35.6 Å². The van der Waals surface area contributed by atoms with E-state index in [9.17, 15) is 0 Å². The molecule has 2 heteroatoms. The first kappa shape index (κ1) is 13.4. The lowest BCUT2D eigenvalue weighted by molar-refractivity contribution is -0.0436. The number of nitrogens with one attached hydrogen (secondary N) is 1. The number of hydrogen-bond acceptors (Lipinski definition) is 2. The summed E-state index contributed by atoms with van der Waals surface area (Å²) in [7, 11) is 0. The molecule has 0 radical (unpaired) electrons. The van der Waals surface area contributed by atoms with Gasteiger partial charge in [0.25, 0.3) is 0 Å². The molecule has 1 heterocycles. The van der Waals surface area contributed by atoms with Gasteiger partial charge in [0.1, 0.15) is 0 Å². The van der Waals surface area contributed by atoms with Crippen molar-refractivity contribution in [3.63, 3.8) is 0 Å². The smallest absolute Gasteiger partial charge is 0.0249 e. The number of piperazine rings is 1. The summed E-state index contributed by atoms with van der Waals surface area (Å²) in [6, 6.07) is 1.47. The molecule has 2 nitrogen and oxygen atoms in total. The van der Waals surface area contributed by atoms with E-state index in [1.54, 1.807) is 0 Å². The molecule has 1 N–H and O–H groups in total. The van der Waals surface area contributed by atoms with E-state index in [0.717, 1.165) is 18.0 Å². The highest BCUT2D eigenvalue weighted by molar-refractivity contribution is 5.01. The molecule has 1 aliphatic heterocycles. The Hall–Kier alpha value is -0.0800. The van der Waals surface area contributed by atoms with Crippen LogP contribution in [-0.2, 0) is 0 Å². The Morgan fingerprint density at radius 3 is 2.53 bits per heavy atom. The Morgan fingerprint density at radius 2 is 2.06 bits per heavy atom. The Kier molecular flexibility index (Phi) is 4.14. The van der Waals surface area contributed by atoms with Gasteiger partial charge in [0, 0.05) is 30.7 Å². The number of nitrogens with zero attached hydrogens (tertiary/aromatic N) is 1. The van der Waals surface area contributed by atoms with Gasteiger partial charge in [-0.1, -0.05) is 27.2 Å². The van der Waals surface area contributed by atoms with E-state index in [0.29, 0.717) is 5.54 Å². The lowest BCUT2D eigenvalue weighted by Gasteiger charge is -2.56. The summed E-state index contributed by atoms with van der Waals surface area (Å²) in [4.78, 5) is 2.85. The van der Waals surface area contributed by atoms with Crippen molar-refractivity contribution in [2.45, 2.75) is 77.4 Å². The minimum atomic E-state index is 0.517. The van der Waals surface area contributed by atoms with Crippen LogP contribution in [0.2, 0.25) is 0 Å². The summed E-state index contributed by atoms with van der Waals surface area (Å²) in [6.45, 7) is 12.0. The van der Waals surface area contributed by atoms with Crippen molar-refractivity contribution in [1.82, 2.24) is 10.2 Å². The molecule has 2 fully saturated rings. The molecular weight excluding hydrogens is 208 g/mol. The van der Waals surface area contributed by atoms with Gasteiger partial charge >= 0.3 is 0 Å². The molecule has 0 aromatic carbocycles. The Bertz CT molecular complexity index is 245. The Labute approximate surface area is 107 Å². The molecule has 1 aliphatic carbocycles. The van der Waals surface area contributed by atoms with Gasteiger partial charge in [0.2, 0.25) is 0 Å². The first-order valence-electron chi connectivity index (χ1n) is 7.57. The van der Waals surface area contributed by atoms with Gasteiger partial charge in [-0.3, -0.25) is 4.90 Å². The minimum Gasteiger partial charge on any atom is -0.311 e. The monoisotopic (exact) mass is 238 g/mol. The highest BCUT2D eigenvalue weighted by Gasteiger charge is 2.44. The zero-order valence-electron chi connectivity index (χ0n) is 12.1. The normalized spacial score (nSPS) is 33.7. The van der Waals surface area contributed by atoms with E-state index in [4.69, 9.17) is 0 Å². The third-order valence-electron chi connectivity index (χ3n) is 4.96. The van der Waals surface area contributed by atoms with Crippen LogP contribution in [0.3, 0.4) is 0 Å². The second-order valence-corrected chi connectivity index (χ2v) is 6.71. The maximum Gasteiger partial charge on any atom is 0.0249 e. The van der Waals surface area contributed by atoms with Crippen LogP contribution in [0.5, 0.6) is 0 Å². The number of hydrogen-bond donors (Lipinski definition) is 1. The fourth-order valence-corrected chi connectivity index (χ4v) is 3.57. The lowest BCUT2D eigenvalue weighted by Crippen LogP contribution is -2.66. The van der Waals surface area contributed by atoms with Crippen LogP contribution in [0.15, 0.2) is 0 Å². The lowest BCUT2D eigenvalue weighted by atomic mass is 9.74. The largest absolute Gasteiger partial charge is 0.311 e. The molecule has 0 bridgehead atoms. The fourth-order valence-electron chi connectivity index (χ4n) is 3.57. The second-order valence-electron chi connectivity index (χ2n) is 6.71. The summed E-state index contributed by atoms with van der Waals surface area (Å²) >= 11 is 0. The fraction of sp³-hybridized carbons (Fsp3) is 1.00. The molecule has 2 unspecified atom stereocenters. The molecule has 0 aromatic heterocycles. The third-order valence-corrected chi connectivity index (χ3v) is 4.96. The van der Waals surface area contributed by atoms with Gasteiger partial charge in [0.05, 0.1) is 0 Å². The quantitative estimate of drug-likeness (QED) is 0.810. The maximum atomic E-state index is 3.76. The predicted octanol–water partition coefficient (Wildman–Crippen LogP) is 3.03. The van der Waals surface area contributed by atoms with Crippen molar-refractivity contribution >= 4 is 0 Å². The van der Waals surface area contributed by atoms with Gasteiger partial charge in [-0.2, -0.15) is 0 Å². The van der Waals surface area contributed by atoms with E-state index < -0.39 is 0 Å². The zero-order chi connectivity index (χ0) is 12.5. The summed E-state index contributed by atoms with van der Waals surface area (Å²) in [5.74, 6) is 0.766. The molecule has 0 spiro atoms. The van der Waals surface area contributed by atoms with E-state index >= 15 is 0 Å². The van der Waals surface area contributed by atoms with Crippen LogP contribution in [0.25, 0.3) is 0 Å². The van der Waals surface area contributed by atoms with Crippen LogP contribution < -0.4 is 5.32 Å². The van der Waals surface area contributed by atoms with Crippen molar-refractivity contribution in [2.75, 3.05) is 13.1 Å². The van der Waals surface area contributed by atoms with E-state index in [1.165, 1.54) is 45.2 Å². The predicted molar refractivity (Wildman–Crippen MR) is 74.3 cm³/mol. The topological polar surface area (TPSA) is 15.3 Å². The van der Waals surface area contributed by atoms with Crippen molar-refractivity contribution < 1.29 is 0 Å². The van der Waals surface area contributed by atoms with E-state index in [2.05, 4.69) is 37.9 Å². The minimum absolute atomic E-state index is 0.517. The van der Waals surface area contributed by atoms with Crippen molar-refractivity contribution in [3.8, 4) is 0 Å². The van der Waals surface area contributed by atoms with Crippen LogP contribution >= 0.6 is 0 Å². The third kappa shape index (κ3) is 2.68. The molecule has 2 atom stereocenters. The van der Waals surface area contributed by atoms with Gasteiger partial charge in [-0.25, -0.2) is 0 Å².